The molecule has 1 aromatic carbocycles. The van der Waals surface area contributed by atoms with Gasteiger partial charge in [-0.25, -0.2) is 4.79 Å². The van der Waals surface area contributed by atoms with E-state index in [4.69, 9.17) is 14.2 Å². The van der Waals surface area contributed by atoms with E-state index in [1.54, 1.807) is 18.2 Å². The van der Waals surface area contributed by atoms with Crippen LogP contribution in [0.2, 0.25) is 0 Å². The smallest absolute Gasteiger partial charge is 0.349 e. The zero-order valence-electron chi connectivity index (χ0n) is 19.3. The third kappa shape index (κ3) is 6.38. The lowest BCUT2D eigenvalue weighted by Crippen LogP contribution is -2.21. The fourth-order valence-corrected chi connectivity index (χ4v) is 3.20. The van der Waals surface area contributed by atoms with Crippen LogP contribution in [0.25, 0.3) is 6.08 Å². The standard InChI is InChI=1S/C24H29N3O5/c1-15(2)13-27-16(3)7-18(17(27)4)8-19(12-25)24(29)32-14-23(28)26-20-9-21(30-5)11-22(10-20)31-6/h7-11,15H,13-14H2,1-6H3,(H,26,28). The van der Waals surface area contributed by atoms with Crippen molar-refractivity contribution in [1.29, 1.82) is 5.26 Å². The summed E-state index contributed by atoms with van der Waals surface area (Å²) in [6.07, 6.45) is 1.49. The van der Waals surface area contributed by atoms with E-state index in [1.807, 2.05) is 26.0 Å². The van der Waals surface area contributed by atoms with Gasteiger partial charge in [0.2, 0.25) is 0 Å². The first-order chi connectivity index (χ1) is 15.2. The quantitative estimate of drug-likeness (QED) is 0.361. The van der Waals surface area contributed by atoms with Crippen molar-refractivity contribution in [1.82, 2.24) is 4.57 Å². The van der Waals surface area contributed by atoms with Gasteiger partial charge in [-0.1, -0.05) is 13.8 Å². The van der Waals surface area contributed by atoms with Crippen molar-refractivity contribution in [3.8, 4) is 17.6 Å². The maximum absolute atomic E-state index is 12.4. The zero-order chi connectivity index (χ0) is 23.8. The van der Waals surface area contributed by atoms with Gasteiger partial charge in [0, 0.05) is 41.8 Å². The molecule has 0 fully saturated rings. The number of anilines is 1. The molecule has 1 heterocycles. The van der Waals surface area contributed by atoms with Crippen molar-refractivity contribution in [3.05, 3.63) is 46.8 Å². The summed E-state index contributed by atoms with van der Waals surface area (Å²) in [6.45, 7) is 8.47. The molecule has 1 aromatic heterocycles. The van der Waals surface area contributed by atoms with Crippen molar-refractivity contribution in [3.63, 3.8) is 0 Å². The number of carbonyl (C=O) groups is 2. The summed E-state index contributed by atoms with van der Waals surface area (Å²) in [5.74, 6) is 0.0449. The second-order valence-corrected chi connectivity index (χ2v) is 7.73. The molecule has 0 saturated carbocycles. The Kier molecular flexibility index (Phi) is 8.47. The van der Waals surface area contributed by atoms with Crippen LogP contribution in [0.15, 0.2) is 29.8 Å². The third-order valence-electron chi connectivity index (χ3n) is 4.77. The number of esters is 1. The summed E-state index contributed by atoms with van der Waals surface area (Å²) in [7, 11) is 3.00. The van der Waals surface area contributed by atoms with E-state index in [-0.39, 0.29) is 5.57 Å². The fraction of sp³-hybridized carbons (Fsp3) is 0.375. The number of ether oxygens (including phenoxy) is 3. The Morgan fingerprint density at radius 3 is 2.28 bits per heavy atom. The summed E-state index contributed by atoms with van der Waals surface area (Å²) in [4.78, 5) is 24.6. The molecule has 1 N–H and O–H groups in total. The van der Waals surface area contributed by atoms with Crippen molar-refractivity contribution >= 4 is 23.6 Å². The predicted molar refractivity (Wildman–Crippen MR) is 121 cm³/mol. The first-order valence-corrected chi connectivity index (χ1v) is 10.2. The Morgan fingerprint density at radius 2 is 1.75 bits per heavy atom. The molecule has 0 unspecified atom stereocenters. The number of rotatable bonds is 9. The Bertz CT molecular complexity index is 1040. The van der Waals surface area contributed by atoms with Crippen LogP contribution in [-0.4, -0.2) is 37.3 Å². The van der Waals surface area contributed by atoms with E-state index in [9.17, 15) is 14.9 Å². The Hall–Kier alpha value is -3.73. The van der Waals surface area contributed by atoms with Gasteiger partial charge < -0.3 is 24.1 Å². The average molecular weight is 440 g/mol. The first kappa shape index (κ1) is 24.5. The van der Waals surface area contributed by atoms with E-state index >= 15 is 0 Å². The molecule has 2 rings (SSSR count). The number of hydrogen-bond acceptors (Lipinski definition) is 6. The van der Waals surface area contributed by atoms with Crippen LogP contribution in [0, 0.1) is 31.1 Å². The van der Waals surface area contributed by atoms with Gasteiger partial charge in [-0.05, 0) is 37.5 Å². The zero-order valence-corrected chi connectivity index (χ0v) is 19.3. The number of benzene rings is 1. The minimum atomic E-state index is -0.862. The summed E-state index contributed by atoms with van der Waals surface area (Å²) in [6, 6.07) is 8.66. The van der Waals surface area contributed by atoms with Crippen LogP contribution >= 0.6 is 0 Å². The topological polar surface area (TPSA) is 103 Å². The summed E-state index contributed by atoms with van der Waals surface area (Å²) in [5.41, 5.74) is 3.02. The maximum Gasteiger partial charge on any atom is 0.349 e. The highest BCUT2D eigenvalue weighted by atomic mass is 16.5. The Balaban J connectivity index is 2.07. The van der Waals surface area contributed by atoms with Crippen molar-refractivity contribution in [2.75, 3.05) is 26.1 Å². The van der Waals surface area contributed by atoms with Gasteiger partial charge in [0.1, 0.15) is 23.1 Å². The number of amides is 1. The minimum absolute atomic E-state index is 0.175. The molecule has 0 bridgehead atoms. The molecule has 170 valence electrons. The second kappa shape index (κ2) is 11.0. The molecule has 0 atom stereocenters. The number of hydrogen-bond donors (Lipinski definition) is 1. The highest BCUT2D eigenvalue weighted by Crippen LogP contribution is 2.25. The second-order valence-electron chi connectivity index (χ2n) is 7.73. The normalized spacial score (nSPS) is 11.1. The highest BCUT2D eigenvalue weighted by molar-refractivity contribution is 6.00. The van der Waals surface area contributed by atoms with Crippen molar-refractivity contribution < 1.29 is 23.8 Å². The lowest BCUT2D eigenvalue weighted by Gasteiger charge is -2.12. The molecular formula is C24H29N3O5. The molecule has 0 aliphatic carbocycles. The van der Waals surface area contributed by atoms with Crippen LogP contribution in [-0.2, 0) is 20.9 Å². The van der Waals surface area contributed by atoms with Gasteiger partial charge in [0.05, 0.1) is 14.2 Å². The molecule has 8 nitrogen and oxygen atoms in total. The molecule has 32 heavy (non-hydrogen) atoms. The third-order valence-corrected chi connectivity index (χ3v) is 4.77. The van der Waals surface area contributed by atoms with Crippen LogP contribution in [0.1, 0.15) is 30.8 Å². The average Bonchev–Trinajstić information content (AvgIpc) is 3.02. The molecule has 0 saturated heterocycles. The molecular weight excluding hydrogens is 410 g/mol. The summed E-state index contributed by atoms with van der Waals surface area (Å²) in [5, 5.41) is 12.0. The molecule has 0 aliphatic rings. The van der Waals surface area contributed by atoms with Crippen LogP contribution in [0.4, 0.5) is 5.69 Å². The van der Waals surface area contributed by atoms with Gasteiger partial charge in [0.25, 0.3) is 5.91 Å². The van der Waals surface area contributed by atoms with E-state index in [1.165, 1.54) is 20.3 Å². The van der Waals surface area contributed by atoms with Gasteiger partial charge in [0.15, 0.2) is 6.61 Å². The number of aryl methyl sites for hydroxylation is 1. The number of nitrogens with one attached hydrogen (secondary N) is 1. The summed E-state index contributed by atoms with van der Waals surface area (Å²) < 4.78 is 17.5. The molecule has 8 heteroatoms. The lowest BCUT2D eigenvalue weighted by atomic mass is 10.1. The minimum Gasteiger partial charge on any atom is -0.497 e. The lowest BCUT2D eigenvalue weighted by molar-refractivity contribution is -0.142. The SMILES string of the molecule is COc1cc(NC(=O)COC(=O)C(C#N)=Cc2cc(C)n(CC(C)C)c2C)cc(OC)c1. The van der Waals surface area contributed by atoms with Crippen molar-refractivity contribution in [2.24, 2.45) is 5.92 Å². The monoisotopic (exact) mass is 439 g/mol. The van der Waals surface area contributed by atoms with E-state index < -0.39 is 18.5 Å². The van der Waals surface area contributed by atoms with E-state index in [2.05, 4.69) is 23.7 Å². The van der Waals surface area contributed by atoms with Crippen LogP contribution in [0.5, 0.6) is 11.5 Å². The number of aromatic nitrogens is 1. The maximum atomic E-state index is 12.4. The van der Waals surface area contributed by atoms with Crippen molar-refractivity contribution in [2.45, 2.75) is 34.2 Å². The van der Waals surface area contributed by atoms with E-state index in [0.717, 1.165) is 23.5 Å². The molecule has 1 amide bonds. The van der Waals surface area contributed by atoms with Gasteiger partial charge >= 0.3 is 5.97 Å². The predicted octanol–water partition coefficient (Wildman–Crippen LogP) is 3.87. The largest absolute Gasteiger partial charge is 0.497 e. The highest BCUT2D eigenvalue weighted by Gasteiger charge is 2.16. The number of methoxy groups -OCH3 is 2. The Morgan fingerprint density at radius 1 is 1.12 bits per heavy atom. The molecule has 0 aliphatic heterocycles. The van der Waals surface area contributed by atoms with Gasteiger partial charge in [-0.3, -0.25) is 4.79 Å². The molecule has 0 radical (unpaired) electrons. The fourth-order valence-electron chi connectivity index (χ4n) is 3.20. The van der Waals surface area contributed by atoms with Crippen LogP contribution in [0.3, 0.4) is 0 Å². The first-order valence-electron chi connectivity index (χ1n) is 10.2. The summed E-state index contributed by atoms with van der Waals surface area (Å²) >= 11 is 0. The molecule has 2 aromatic rings. The van der Waals surface area contributed by atoms with Crippen LogP contribution < -0.4 is 14.8 Å². The van der Waals surface area contributed by atoms with Gasteiger partial charge in [-0.15, -0.1) is 0 Å². The molecule has 0 spiro atoms. The number of nitrogens with zero attached hydrogens (tertiary/aromatic N) is 2. The van der Waals surface area contributed by atoms with Gasteiger partial charge in [-0.2, -0.15) is 5.26 Å². The number of carbonyl (C=O) groups excluding carboxylic acids is 2. The van der Waals surface area contributed by atoms with E-state index in [0.29, 0.717) is 23.1 Å². The number of nitriles is 1. The Labute approximate surface area is 188 Å².